The van der Waals surface area contributed by atoms with E-state index in [1.165, 1.54) is 56.1 Å². The summed E-state index contributed by atoms with van der Waals surface area (Å²) in [4.78, 5) is 0. The molecule has 0 radical (unpaired) electrons. The van der Waals surface area contributed by atoms with Crippen molar-refractivity contribution in [1.29, 1.82) is 0 Å². The lowest BCUT2D eigenvalue weighted by Crippen LogP contribution is -2.25. The second-order valence-electron chi connectivity index (χ2n) is 6.17. The van der Waals surface area contributed by atoms with Crippen molar-refractivity contribution >= 4 is 0 Å². The van der Waals surface area contributed by atoms with Gasteiger partial charge in [0.05, 0.1) is 6.04 Å². The van der Waals surface area contributed by atoms with Crippen LogP contribution in [0.25, 0.3) is 0 Å². The van der Waals surface area contributed by atoms with Crippen molar-refractivity contribution in [3.05, 3.63) is 47.0 Å². The van der Waals surface area contributed by atoms with E-state index >= 15 is 0 Å². The van der Waals surface area contributed by atoms with Gasteiger partial charge in [-0.2, -0.15) is 0 Å². The topological polar surface area (TPSA) is 12.0 Å². The first kappa shape index (κ1) is 16.3. The zero-order valence-corrected chi connectivity index (χ0v) is 13.8. The first-order valence-electron chi connectivity index (χ1n) is 8.87. The van der Waals surface area contributed by atoms with Gasteiger partial charge in [-0.15, -0.1) is 0 Å². The molecule has 0 heterocycles. The summed E-state index contributed by atoms with van der Waals surface area (Å²) < 4.78 is 0. The maximum atomic E-state index is 3.81. The Morgan fingerprint density at radius 1 is 1.05 bits per heavy atom. The lowest BCUT2D eigenvalue weighted by Gasteiger charge is -2.26. The fraction of sp³-hybridized carbons (Fsp3) is 0.600. The van der Waals surface area contributed by atoms with Crippen molar-refractivity contribution in [1.82, 2.24) is 5.32 Å². The highest BCUT2D eigenvalue weighted by Gasteiger charge is 2.18. The number of rotatable bonds is 6. The number of allylic oxidation sites excluding steroid dienone is 1. The average Bonchev–Trinajstić information content (AvgIpc) is 2.49. The van der Waals surface area contributed by atoms with Gasteiger partial charge in [0.25, 0.3) is 0 Å². The van der Waals surface area contributed by atoms with Crippen LogP contribution in [0.4, 0.5) is 0 Å². The third-order valence-electron chi connectivity index (χ3n) is 4.54. The van der Waals surface area contributed by atoms with E-state index in [1.54, 1.807) is 5.57 Å². The van der Waals surface area contributed by atoms with E-state index in [0.717, 1.165) is 13.0 Å². The van der Waals surface area contributed by atoms with E-state index in [2.05, 4.69) is 49.5 Å². The van der Waals surface area contributed by atoms with Crippen LogP contribution in [-0.4, -0.2) is 6.54 Å². The summed E-state index contributed by atoms with van der Waals surface area (Å²) in [6, 6.07) is 9.41. The molecule has 0 aliphatic heterocycles. The number of hydrogen-bond donors (Lipinski definition) is 1. The minimum absolute atomic E-state index is 0.430. The summed E-state index contributed by atoms with van der Waals surface area (Å²) in [6.07, 6.45) is 12.9. The third kappa shape index (κ3) is 4.71. The average molecular weight is 285 g/mol. The minimum atomic E-state index is 0.430. The molecule has 1 N–H and O–H groups in total. The van der Waals surface area contributed by atoms with Crippen molar-refractivity contribution in [3.8, 4) is 0 Å². The van der Waals surface area contributed by atoms with Gasteiger partial charge >= 0.3 is 0 Å². The van der Waals surface area contributed by atoms with Crippen molar-refractivity contribution in [2.45, 2.75) is 71.3 Å². The normalized spacial score (nSPS) is 20.2. The smallest absolute Gasteiger partial charge is 0.0538 e. The van der Waals surface area contributed by atoms with Crippen molar-refractivity contribution < 1.29 is 0 Å². The molecule has 0 saturated heterocycles. The zero-order valence-electron chi connectivity index (χ0n) is 13.8. The van der Waals surface area contributed by atoms with E-state index in [4.69, 9.17) is 0 Å². The lowest BCUT2D eigenvalue weighted by molar-refractivity contribution is 0.538. The minimum Gasteiger partial charge on any atom is -0.307 e. The predicted octanol–water partition coefficient (Wildman–Crippen LogP) is 5.57. The predicted molar refractivity (Wildman–Crippen MR) is 92.6 cm³/mol. The molecule has 0 bridgehead atoms. The molecule has 0 fully saturated rings. The molecule has 0 amide bonds. The van der Waals surface area contributed by atoms with Gasteiger partial charge < -0.3 is 5.32 Å². The monoisotopic (exact) mass is 285 g/mol. The Balaban J connectivity index is 2.27. The molecule has 1 aromatic rings. The highest BCUT2D eigenvalue weighted by molar-refractivity contribution is 5.35. The molecular weight excluding hydrogens is 254 g/mol. The summed E-state index contributed by atoms with van der Waals surface area (Å²) in [5.74, 6) is 0. The number of hydrogen-bond acceptors (Lipinski definition) is 1. The SMILES string of the molecule is CCCNC(/C1=C/CCCCCC1)c1ccccc1CC. The van der Waals surface area contributed by atoms with Crippen molar-refractivity contribution in [3.63, 3.8) is 0 Å². The Bertz CT molecular complexity index is 447. The fourth-order valence-electron chi connectivity index (χ4n) is 3.35. The van der Waals surface area contributed by atoms with Crippen molar-refractivity contribution in [2.75, 3.05) is 6.54 Å². The molecule has 116 valence electrons. The quantitative estimate of drug-likeness (QED) is 0.674. The van der Waals surface area contributed by atoms with Gasteiger partial charge in [0.15, 0.2) is 0 Å². The molecule has 2 rings (SSSR count). The van der Waals surface area contributed by atoms with Crippen LogP contribution in [0.2, 0.25) is 0 Å². The van der Waals surface area contributed by atoms with Gasteiger partial charge in [0.1, 0.15) is 0 Å². The van der Waals surface area contributed by atoms with Gasteiger partial charge in [-0.1, -0.05) is 62.6 Å². The van der Waals surface area contributed by atoms with Crippen LogP contribution < -0.4 is 5.32 Å². The Hall–Kier alpha value is -1.08. The number of nitrogens with one attached hydrogen (secondary N) is 1. The van der Waals surface area contributed by atoms with E-state index < -0.39 is 0 Å². The van der Waals surface area contributed by atoms with Crippen LogP contribution in [-0.2, 0) is 6.42 Å². The molecule has 0 spiro atoms. The molecule has 21 heavy (non-hydrogen) atoms. The summed E-state index contributed by atoms with van der Waals surface area (Å²) in [5, 5.41) is 3.81. The Labute approximate surface area is 130 Å². The number of benzene rings is 1. The standard InChI is InChI=1S/C20H31N/c1-3-16-21-20(18-13-8-6-5-7-9-14-18)19-15-11-10-12-17(19)4-2/h10-13,15,20-21H,3-9,14,16H2,1-2H3/b18-13+. The second-order valence-corrected chi connectivity index (χ2v) is 6.17. The Morgan fingerprint density at radius 3 is 2.67 bits per heavy atom. The molecule has 1 heteroatoms. The Morgan fingerprint density at radius 2 is 1.86 bits per heavy atom. The maximum absolute atomic E-state index is 3.81. The zero-order chi connectivity index (χ0) is 14.9. The van der Waals surface area contributed by atoms with Crippen LogP contribution >= 0.6 is 0 Å². The molecule has 1 aliphatic rings. The number of aryl methyl sites for hydroxylation is 1. The molecule has 1 aromatic carbocycles. The third-order valence-corrected chi connectivity index (χ3v) is 4.54. The molecule has 1 atom stereocenters. The van der Waals surface area contributed by atoms with Gasteiger partial charge in [0, 0.05) is 0 Å². The largest absolute Gasteiger partial charge is 0.307 e. The van der Waals surface area contributed by atoms with Crippen LogP contribution in [0.3, 0.4) is 0 Å². The van der Waals surface area contributed by atoms with E-state index in [0.29, 0.717) is 6.04 Å². The Kier molecular flexibility index (Phi) is 7.02. The summed E-state index contributed by atoms with van der Waals surface area (Å²) in [7, 11) is 0. The van der Waals surface area contributed by atoms with Gasteiger partial charge in [0.2, 0.25) is 0 Å². The summed E-state index contributed by atoms with van der Waals surface area (Å²) in [5.41, 5.74) is 4.62. The van der Waals surface area contributed by atoms with Crippen LogP contribution in [0.15, 0.2) is 35.9 Å². The molecule has 0 aromatic heterocycles. The van der Waals surface area contributed by atoms with Gasteiger partial charge in [-0.25, -0.2) is 0 Å². The van der Waals surface area contributed by atoms with Crippen LogP contribution in [0.1, 0.15) is 76.0 Å². The second kappa shape index (κ2) is 9.04. The van der Waals surface area contributed by atoms with Crippen molar-refractivity contribution in [2.24, 2.45) is 0 Å². The maximum Gasteiger partial charge on any atom is 0.0538 e. The lowest BCUT2D eigenvalue weighted by atomic mass is 9.88. The van der Waals surface area contributed by atoms with Crippen LogP contribution in [0, 0.1) is 0 Å². The highest BCUT2D eigenvalue weighted by Crippen LogP contribution is 2.31. The fourth-order valence-corrected chi connectivity index (χ4v) is 3.35. The van der Waals surface area contributed by atoms with E-state index in [1.807, 2.05) is 0 Å². The van der Waals surface area contributed by atoms with Gasteiger partial charge in [-0.05, 0) is 56.2 Å². The summed E-state index contributed by atoms with van der Waals surface area (Å²) in [6.45, 7) is 5.62. The van der Waals surface area contributed by atoms with Crippen LogP contribution in [0.5, 0.6) is 0 Å². The van der Waals surface area contributed by atoms with E-state index in [-0.39, 0.29) is 0 Å². The first-order valence-corrected chi connectivity index (χ1v) is 8.87. The highest BCUT2D eigenvalue weighted by atomic mass is 14.9. The molecule has 1 unspecified atom stereocenters. The first-order chi connectivity index (χ1) is 10.4. The molecule has 0 saturated carbocycles. The molecule has 1 nitrogen and oxygen atoms in total. The molecular formula is C20H31N. The van der Waals surface area contributed by atoms with Gasteiger partial charge in [-0.3, -0.25) is 0 Å². The summed E-state index contributed by atoms with van der Waals surface area (Å²) >= 11 is 0. The van der Waals surface area contributed by atoms with E-state index in [9.17, 15) is 0 Å². The molecule has 1 aliphatic carbocycles.